The number of carboxylic acid groups (broad SMARTS) is 1. The van der Waals surface area contributed by atoms with Crippen molar-refractivity contribution in [2.75, 3.05) is 19.5 Å². The highest BCUT2D eigenvalue weighted by Crippen LogP contribution is 2.04. The van der Waals surface area contributed by atoms with Gasteiger partial charge in [-0.2, -0.15) is 12.6 Å². The Kier molecular flexibility index (Phi) is 6.31. The fraction of sp³-hybridized carbons (Fsp3) is 0.750. The number of aliphatic carboxylic acids is 1. The summed E-state index contributed by atoms with van der Waals surface area (Å²) in [5.74, 6) is -1.90. The number of rotatable bonds is 6. The van der Waals surface area contributed by atoms with Crippen LogP contribution in [0.3, 0.4) is 0 Å². The number of carbonyl (C=O) groups is 2. The molecule has 0 aromatic carbocycles. The summed E-state index contributed by atoms with van der Waals surface area (Å²) in [7, 11) is 1.34. The van der Waals surface area contributed by atoms with Gasteiger partial charge in [-0.15, -0.1) is 0 Å². The third-order valence-corrected chi connectivity index (χ3v) is 2.08. The van der Waals surface area contributed by atoms with Crippen molar-refractivity contribution in [3.8, 4) is 0 Å². The molecule has 0 saturated heterocycles. The Morgan fingerprint density at radius 1 is 1.50 bits per heavy atom. The second-order valence-corrected chi connectivity index (χ2v) is 3.17. The van der Waals surface area contributed by atoms with Crippen LogP contribution in [0.4, 0.5) is 0 Å². The highest BCUT2D eigenvalue weighted by molar-refractivity contribution is 7.80. The Labute approximate surface area is 87.8 Å². The van der Waals surface area contributed by atoms with Gasteiger partial charge in [0, 0.05) is 12.9 Å². The van der Waals surface area contributed by atoms with Crippen LogP contribution in [-0.2, 0) is 19.1 Å². The van der Waals surface area contributed by atoms with E-state index >= 15 is 0 Å². The van der Waals surface area contributed by atoms with Gasteiger partial charge in [-0.1, -0.05) is 6.92 Å². The molecule has 0 amide bonds. The summed E-state index contributed by atoms with van der Waals surface area (Å²) in [5, 5.41) is 8.63. The molecule has 0 aromatic rings. The molecule has 0 aromatic heterocycles. The van der Waals surface area contributed by atoms with E-state index < -0.39 is 24.0 Å². The van der Waals surface area contributed by atoms with E-state index in [2.05, 4.69) is 17.4 Å². The molecular weight excluding hydrogens is 208 g/mol. The zero-order valence-electron chi connectivity index (χ0n) is 8.10. The number of carboxylic acids is 1. The van der Waals surface area contributed by atoms with E-state index in [0.717, 1.165) is 0 Å². The minimum absolute atomic E-state index is 0.152. The molecule has 1 unspecified atom stereocenters. The fourth-order valence-electron chi connectivity index (χ4n) is 0.638. The maximum atomic E-state index is 11.2. The van der Waals surface area contributed by atoms with Gasteiger partial charge in [0.15, 0.2) is 0 Å². The molecule has 14 heavy (non-hydrogen) atoms. The van der Waals surface area contributed by atoms with Crippen molar-refractivity contribution in [2.24, 2.45) is 5.92 Å². The van der Waals surface area contributed by atoms with E-state index in [1.165, 1.54) is 7.11 Å². The molecule has 0 aliphatic heterocycles. The highest BCUT2D eigenvalue weighted by Gasteiger charge is 2.24. The van der Waals surface area contributed by atoms with E-state index in [0.29, 0.717) is 5.75 Å². The summed E-state index contributed by atoms with van der Waals surface area (Å²) in [5.41, 5.74) is 0. The van der Waals surface area contributed by atoms with Crippen LogP contribution in [0.15, 0.2) is 0 Å². The maximum Gasteiger partial charge on any atom is 0.347 e. The van der Waals surface area contributed by atoms with Crippen molar-refractivity contribution in [1.29, 1.82) is 0 Å². The van der Waals surface area contributed by atoms with Gasteiger partial charge in [0.2, 0.25) is 6.10 Å². The number of esters is 1. The van der Waals surface area contributed by atoms with Crippen molar-refractivity contribution in [2.45, 2.75) is 13.0 Å². The Balaban J connectivity index is 4.15. The lowest BCUT2D eigenvalue weighted by Crippen LogP contribution is -2.33. The second kappa shape index (κ2) is 6.67. The molecule has 0 spiro atoms. The van der Waals surface area contributed by atoms with Gasteiger partial charge in [-0.05, 0) is 0 Å². The van der Waals surface area contributed by atoms with Crippen LogP contribution in [0.25, 0.3) is 0 Å². The summed E-state index contributed by atoms with van der Waals surface area (Å²) < 4.78 is 9.30. The van der Waals surface area contributed by atoms with E-state index in [1.807, 2.05) is 0 Å². The smallest absolute Gasteiger partial charge is 0.347 e. The van der Waals surface area contributed by atoms with Crippen LogP contribution in [0.2, 0.25) is 0 Å². The largest absolute Gasteiger partial charge is 0.478 e. The van der Waals surface area contributed by atoms with Crippen LogP contribution in [0.5, 0.6) is 0 Å². The molecule has 1 N–H and O–H groups in total. The Bertz CT molecular complexity index is 206. The Morgan fingerprint density at radius 2 is 2.07 bits per heavy atom. The summed E-state index contributed by atoms with van der Waals surface area (Å²) in [6, 6.07) is 0. The minimum atomic E-state index is -1.24. The number of ether oxygens (including phenoxy) is 2. The first-order valence-corrected chi connectivity index (χ1v) is 4.69. The summed E-state index contributed by atoms with van der Waals surface area (Å²) >= 11 is 3.90. The topological polar surface area (TPSA) is 72.8 Å². The molecule has 0 heterocycles. The molecule has 0 rings (SSSR count). The third-order valence-electron chi connectivity index (χ3n) is 1.53. The number of hydrogen-bond donors (Lipinski definition) is 2. The molecular formula is C8H14O5S. The Hall–Kier alpha value is -0.750. The third kappa shape index (κ3) is 4.48. The predicted octanol–water partition coefficient (Wildman–Crippen LogP) is 0.195. The molecule has 0 aliphatic carbocycles. The van der Waals surface area contributed by atoms with Gasteiger partial charge in [0.05, 0.1) is 12.5 Å². The van der Waals surface area contributed by atoms with Gasteiger partial charge in [-0.3, -0.25) is 4.79 Å². The summed E-state index contributed by atoms with van der Waals surface area (Å²) in [4.78, 5) is 21.7. The molecule has 5 nitrogen and oxygen atoms in total. The van der Waals surface area contributed by atoms with Gasteiger partial charge in [0.1, 0.15) is 0 Å². The van der Waals surface area contributed by atoms with Crippen LogP contribution >= 0.6 is 12.6 Å². The number of methoxy groups -OCH3 is 1. The first-order valence-electron chi connectivity index (χ1n) is 4.06. The van der Waals surface area contributed by atoms with Crippen LogP contribution in [0, 0.1) is 5.92 Å². The zero-order chi connectivity index (χ0) is 11.1. The predicted molar refractivity (Wildman–Crippen MR) is 52.4 cm³/mol. The highest BCUT2D eigenvalue weighted by atomic mass is 32.1. The average molecular weight is 222 g/mol. The van der Waals surface area contributed by atoms with Crippen molar-refractivity contribution in [3.05, 3.63) is 0 Å². The SMILES string of the molecule is COCC(OC(=O)[C@H](C)CS)C(=O)O. The van der Waals surface area contributed by atoms with Gasteiger partial charge in [0.25, 0.3) is 0 Å². The lowest BCUT2D eigenvalue weighted by atomic mass is 10.2. The molecule has 0 aliphatic rings. The number of thiol groups is 1. The van der Waals surface area contributed by atoms with Gasteiger partial charge in [-0.25, -0.2) is 4.79 Å². The normalized spacial score (nSPS) is 14.5. The maximum absolute atomic E-state index is 11.2. The van der Waals surface area contributed by atoms with Gasteiger partial charge >= 0.3 is 11.9 Å². The summed E-state index contributed by atoms with van der Waals surface area (Å²) in [6.45, 7) is 1.46. The molecule has 2 atom stereocenters. The quantitative estimate of drug-likeness (QED) is 0.496. The second-order valence-electron chi connectivity index (χ2n) is 2.80. The minimum Gasteiger partial charge on any atom is -0.478 e. The molecule has 0 radical (unpaired) electrons. The van der Waals surface area contributed by atoms with Crippen molar-refractivity contribution >= 4 is 24.6 Å². The first kappa shape index (κ1) is 13.2. The molecule has 0 bridgehead atoms. The molecule has 0 saturated carbocycles. The van der Waals surface area contributed by atoms with Crippen molar-refractivity contribution in [3.63, 3.8) is 0 Å². The van der Waals surface area contributed by atoms with Gasteiger partial charge < -0.3 is 14.6 Å². The molecule has 82 valence electrons. The van der Waals surface area contributed by atoms with Crippen LogP contribution < -0.4 is 0 Å². The van der Waals surface area contributed by atoms with E-state index in [1.54, 1.807) is 6.92 Å². The molecule has 6 heteroatoms. The zero-order valence-corrected chi connectivity index (χ0v) is 8.99. The van der Waals surface area contributed by atoms with Crippen molar-refractivity contribution < 1.29 is 24.2 Å². The van der Waals surface area contributed by atoms with Crippen LogP contribution in [0.1, 0.15) is 6.92 Å². The number of hydrogen-bond acceptors (Lipinski definition) is 5. The Morgan fingerprint density at radius 3 is 2.43 bits per heavy atom. The fourth-order valence-corrected chi connectivity index (χ4v) is 0.787. The van der Waals surface area contributed by atoms with Crippen molar-refractivity contribution in [1.82, 2.24) is 0 Å². The monoisotopic (exact) mass is 222 g/mol. The van der Waals surface area contributed by atoms with Crippen LogP contribution in [-0.4, -0.2) is 42.6 Å². The average Bonchev–Trinajstić information content (AvgIpc) is 2.15. The standard InChI is InChI=1S/C8H14O5S/c1-5(4-14)8(11)13-6(3-12-2)7(9)10/h5-6,14H,3-4H2,1-2H3,(H,9,10)/t5-,6?/m1/s1. The molecule has 0 fully saturated rings. The summed E-state index contributed by atoms with van der Waals surface area (Å²) in [6.07, 6.45) is -1.24. The van der Waals surface area contributed by atoms with E-state index in [4.69, 9.17) is 9.84 Å². The first-order chi connectivity index (χ1) is 6.52. The number of carbonyl (C=O) groups excluding carboxylic acids is 1. The van der Waals surface area contributed by atoms with E-state index in [-0.39, 0.29) is 6.61 Å². The lowest BCUT2D eigenvalue weighted by Gasteiger charge is -2.14. The van der Waals surface area contributed by atoms with E-state index in [9.17, 15) is 9.59 Å². The lowest BCUT2D eigenvalue weighted by molar-refractivity contribution is -0.169.